The third-order valence-electron chi connectivity index (χ3n) is 7.74. The number of hydrogen-bond donors (Lipinski definition) is 2. The minimum atomic E-state index is -1.76. The van der Waals surface area contributed by atoms with E-state index >= 15 is 4.39 Å². The quantitative estimate of drug-likeness (QED) is 0.557. The Morgan fingerprint density at radius 2 is 1.78 bits per heavy atom. The SMILES string of the molecule is C[C@@H]1CN2c3c(cc4c(N5C(=O)O[C@H](C)[C@@H]5C)noc4c3F)CC3(C(=O)NC(=O)NC3=O)[C@H]2[C@H](C)O1. The Hall–Kier alpha value is -3.74. The van der Waals surface area contributed by atoms with Gasteiger partial charge in [0.05, 0.1) is 35.4 Å². The maximum Gasteiger partial charge on any atom is 0.416 e. The first kappa shape index (κ1) is 22.7. The lowest BCUT2D eigenvalue weighted by Crippen LogP contribution is -2.75. The molecule has 5 atom stereocenters. The molecule has 4 aliphatic rings. The number of barbiturate groups is 1. The van der Waals surface area contributed by atoms with E-state index in [1.807, 2.05) is 6.92 Å². The number of carbonyl (C=O) groups is 4. The fraction of sp³-hybridized carbons (Fsp3) is 0.522. The van der Waals surface area contributed by atoms with E-state index in [9.17, 15) is 19.2 Å². The summed E-state index contributed by atoms with van der Waals surface area (Å²) in [6, 6.07) is -0.604. The fourth-order valence-electron chi connectivity index (χ4n) is 6.08. The van der Waals surface area contributed by atoms with Crippen LogP contribution in [0.1, 0.15) is 33.3 Å². The third kappa shape index (κ3) is 2.80. The zero-order chi connectivity index (χ0) is 25.7. The summed E-state index contributed by atoms with van der Waals surface area (Å²) in [6.07, 6.45) is -2.24. The Morgan fingerprint density at radius 3 is 2.42 bits per heavy atom. The molecule has 5 heterocycles. The molecule has 12 nitrogen and oxygen atoms in total. The molecule has 36 heavy (non-hydrogen) atoms. The number of halogens is 1. The molecule has 2 N–H and O–H groups in total. The molecule has 2 aromatic rings. The molecule has 1 spiro atoms. The van der Waals surface area contributed by atoms with Gasteiger partial charge in [0.1, 0.15) is 6.10 Å². The van der Waals surface area contributed by atoms with Gasteiger partial charge in [0, 0.05) is 13.0 Å². The zero-order valence-electron chi connectivity index (χ0n) is 20.0. The molecule has 0 radical (unpaired) electrons. The minimum absolute atomic E-state index is 0.0844. The predicted octanol–water partition coefficient (Wildman–Crippen LogP) is 1.59. The van der Waals surface area contributed by atoms with Gasteiger partial charge in [0.15, 0.2) is 17.1 Å². The molecule has 0 bridgehead atoms. The van der Waals surface area contributed by atoms with Crippen LogP contribution >= 0.6 is 0 Å². The van der Waals surface area contributed by atoms with Gasteiger partial charge in [0.25, 0.3) is 0 Å². The van der Waals surface area contributed by atoms with Crippen LogP contribution in [0.4, 0.5) is 25.5 Å². The van der Waals surface area contributed by atoms with Crippen molar-refractivity contribution in [1.29, 1.82) is 0 Å². The largest absolute Gasteiger partial charge is 0.444 e. The van der Waals surface area contributed by atoms with Crippen molar-refractivity contribution in [3.63, 3.8) is 0 Å². The summed E-state index contributed by atoms with van der Waals surface area (Å²) >= 11 is 0. The summed E-state index contributed by atoms with van der Waals surface area (Å²) < 4.78 is 32.8. The van der Waals surface area contributed by atoms with Gasteiger partial charge in [-0.15, -0.1) is 0 Å². The summed E-state index contributed by atoms with van der Waals surface area (Å²) in [5.41, 5.74) is -1.40. The number of nitrogens with one attached hydrogen (secondary N) is 2. The number of carbonyl (C=O) groups excluding carboxylic acids is 4. The monoisotopic (exact) mass is 501 g/mol. The minimum Gasteiger partial charge on any atom is -0.444 e. The molecular weight excluding hydrogens is 477 g/mol. The van der Waals surface area contributed by atoms with E-state index in [2.05, 4.69) is 15.8 Å². The van der Waals surface area contributed by atoms with Crippen LogP contribution < -0.4 is 20.4 Å². The smallest absolute Gasteiger partial charge is 0.416 e. The van der Waals surface area contributed by atoms with Crippen LogP contribution in [0.3, 0.4) is 0 Å². The second-order valence-corrected chi connectivity index (χ2v) is 9.92. The van der Waals surface area contributed by atoms with Crippen LogP contribution in [0.25, 0.3) is 11.0 Å². The highest BCUT2D eigenvalue weighted by Crippen LogP contribution is 2.50. The van der Waals surface area contributed by atoms with Crippen LogP contribution in [-0.4, -0.2) is 66.0 Å². The van der Waals surface area contributed by atoms with Gasteiger partial charge in [-0.2, -0.15) is 0 Å². The Kier molecular flexibility index (Phi) is 4.66. The maximum absolute atomic E-state index is 16.2. The highest BCUT2D eigenvalue weighted by atomic mass is 19.1. The Bertz CT molecular complexity index is 1340. The molecule has 6 rings (SSSR count). The first-order valence-corrected chi connectivity index (χ1v) is 11.7. The molecule has 190 valence electrons. The number of rotatable bonds is 1. The lowest BCUT2D eigenvalue weighted by Gasteiger charge is -2.55. The first-order valence-electron chi connectivity index (χ1n) is 11.7. The van der Waals surface area contributed by atoms with Crippen LogP contribution in [-0.2, 0) is 25.5 Å². The molecule has 0 aliphatic carbocycles. The van der Waals surface area contributed by atoms with Crippen molar-refractivity contribution in [3.05, 3.63) is 17.4 Å². The van der Waals surface area contributed by atoms with Crippen molar-refractivity contribution in [2.24, 2.45) is 5.41 Å². The van der Waals surface area contributed by atoms with Crippen LogP contribution in [0.5, 0.6) is 0 Å². The number of hydrogen-bond acceptors (Lipinski definition) is 9. The third-order valence-corrected chi connectivity index (χ3v) is 7.74. The van der Waals surface area contributed by atoms with E-state index in [4.69, 9.17) is 14.0 Å². The number of urea groups is 1. The van der Waals surface area contributed by atoms with Gasteiger partial charge in [0.2, 0.25) is 17.4 Å². The average molecular weight is 501 g/mol. The standard InChI is InChI=1S/C23H24FN5O7/c1-8-7-28-15-12(6-23(17(28)11(4)34-8)19(30)25-21(32)26-20(23)31)5-13-16(14(15)24)36-27-18(13)29-9(2)10(3)35-22(29)33/h5,8-11,17H,6-7H2,1-4H3,(H2,25,26,30,31,32)/t8-,9+,10-,11+,17-/m1/s1. The summed E-state index contributed by atoms with van der Waals surface area (Å²) in [7, 11) is 0. The summed E-state index contributed by atoms with van der Waals surface area (Å²) in [5.74, 6) is -2.19. The number of aromatic nitrogens is 1. The van der Waals surface area contributed by atoms with Crippen molar-refractivity contribution in [2.45, 2.75) is 64.5 Å². The van der Waals surface area contributed by atoms with Gasteiger partial charge in [-0.05, 0) is 39.3 Å². The number of cyclic esters (lactones) is 1. The van der Waals surface area contributed by atoms with E-state index in [1.54, 1.807) is 31.7 Å². The fourth-order valence-corrected chi connectivity index (χ4v) is 6.08. The molecule has 5 amide bonds. The van der Waals surface area contributed by atoms with Crippen molar-refractivity contribution in [1.82, 2.24) is 15.8 Å². The average Bonchev–Trinajstić information content (AvgIpc) is 3.30. The number of anilines is 2. The maximum atomic E-state index is 16.2. The number of ether oxygens (including phenoxy) is 2. The van der Waals surface area contributed by atoms with Crippen molar-refractivity contribution in [3.8, 4) is 0 Å². The summed E-state index contributed by atoms with van der Waals surface area (Å²) in [6.45, 7) is 7.22. The number of fused-ring (bicyclic) bond motifs is 5. The van der Waals surface area contributed by atoms with E-state index in [0.29, 0.717) is 5.56 Å². The van der Waals surface area contributed by atoms with Crippen molar-refractivity contribution < 1.29 is 37.6 Å². The van der Waals surface area contributed by atoms with E-state index < -0.39 is 53.4 Å². The number of imide groups is 2. The Labute approximate surface area is 204 Å². The van der Waals surface area contributed by atoms with E-state index in [1.165, 1.54) is 4.90 Å². The van der Waals surface area contributed by atoms with Crippen LogP contribution in [0.15, 0.2) is 10.6 Å². The van der Waals surface area contributed by atoms with Crippen molar-refractivity contribution >= 4 is 46.4 Å². The lowest BCUT2D eigenvalue weighted by molar-refractivity contribution is -0.153. The second kappa shape index (κ2) is 7.38. The molecule has 1 aromatic heterocycles. The Morgan fingerprint density at radius 1 is 1.08 bits per heavy atom. The molecule has 1 aromatic carbocycles. The molecule has 13 heteroatoms. The first-order chi connectivity index (χ1) is 17.0. The zero-order valence-corrected chi connectivity index (χ0v) is 20.0. The van der Waals surface area contributed by atoms with Crippen LogP contribution in [0.2, 0.25) is 0 Å². The Balaban J connectivity index is 1.57. The molecule has 4 aliphatic heterocycles. The normalized spacial score (nSPS) is 31.3. The highest BCUT2D eigenvalue weighted by molar-refractivity contribution is 6.20. The number of nitrogens with zero attached hydrogens (tertiary/aromatic N) is 3. The topological polar surface area (TPSA) is 143 Å². The van der Waals surface area contributed by atoms with E-state index in [-0.39, 0.29) is 47.6 Å². The predicted molar refractivity (Wildman–Crippen MR) is 121 cm³/mol. The number of amides is 5. The highest BCUT2D eigenvalue weighted by Gasteiger charge is 2.63. The summed E-state index contributed by atoms with van der Waals surface area (Å²) in [4.78, 5) is 53.9. The van der Waals surface area contributed by atoms with Gasteiger partial charge < -0.3 is 18.9 Å². The second-order valence-electron chi connectivity index (χ2n) is 9.92. The molecule has 0 unspecified atom stereocenters. The van der Waals surface area contributed by atoms with Gasteiger partial charge in [-0.3, -0.25) is 25.1 Å². The number of morpholine rings is 1. The van der Waals surface area contributed by atoms with Gasteiger partial charge in [-0.1, -0.05) is 5.16 Å². The number of benzene rings is 1. The van der Waals surface area contributed by atoms with E-state index in [0.717, 1.165) is 0 Å². The summed E-state index contributed by atoms with van der Waals surface area (Å²) in [5, 5.41) is 8.59. The lowest BCUT2D eigenvalue weighted by atomic mass is 9.66. The molecule has 3 saturated heterocycles. The van der Waals surface area contributed by atoms with Gasteiger partial charge >= 0.3 is 12.1 Å². The molecule has 0 saturated carbocycles. The van der Waals surface area contributed by atoms with Crippen molar-refractivity contribution in [2.75, 3.05) is 16.3 Å². The molecule has 3 fully saturated rings. The van der Waals surface area contributed by atoms with Gasteiger partial charge in [-0.25, -0.2) is 14.0 Å². The molecular formula is C23H24FN5O7. The van der Waals surface area contributed by atoms with Crippen LogP contribution in [0, 0.1) is 11.2 Å².